The van der Waals surface area contributed by atoms with Crippen LogP contribution in [0.25, 0.3) is 5.76 Å². The molecule has 1 aliphatic heterocycles. The molecule has 1 atom stereocenters. The fourth-order valence-corrected chi connectivity index (χ4v) is 4.49. The smallest absolute Gasteiger partial charge is 0.295 e. The number of Topliss-reactive ketones (excluding diaryl/α,β-unsaturated/α-hetero) is 1. The highest BCUT2D eigenvalue weighted by Crippen LogP contribution is 2.39. The fraction of sp³-hybridized carbons (Fsp3) is 0.267. The molecule has 1 amide bonds. The summed E-state index contributed by atoms with van der Waals surface area (Å²) in [6, 6.07) is 25.5. The van der Waals surface area contributed by atoms with Gasteiger partial charge in [0.25, 0.3) is 11.7 Å². The minimum Gasteiger partial charge on any atom is -0.507 e. The number of ketones is 1. The lowest BCUT2D eigenvalue weighted by Gasteiger charge is -2.28. The first-order valence-corrected chi connectivity index (χ1v) is 12.4. The Morgan fingerprint density at radius 1 is 0.889 bits per heavy atom. The molecular formula is C30H32N2O4. The van der Waals surface area contributed by atoms with Gasteiger partial charge in [-0.2, -0.15) is 0 Å². The van der Waals surface area contributed by atoms with E-state index in [0.717, 1.165) is 24.2 Å². The van der Waals surface area contributed by atoms with Gasteiger partial charge in [0, 0.05) is 18.7 Å². The molecule has 0 radical (unpaired) electrons. The average molecular weight is 485 g/mol. The quantitative estimate of drug-likeness (QED) is 0.248. The van der Waals surface area contributed by atoms with Crippen molar-refractivity contribution in [3.05, 3.63) is 107 Å². The molecule has 3 aromatic rings. The van der Waals surface area contributed by atoms with Gasteiger partial charge in [-0.15, -0.1) is 0 Å². The van der Waals surface area contributed by atoms with Crippen molar-refractivity contribution in [3.63, 3.8) is 0 Å². The summed E-state index contributed by atoms with van der Waals surface area (Å²) in [6.45, 7) is 7.33. The molecule has 0 unspecified atom stereocenters. The van der Waals surface area contributed by atoms with Crippen LogP contribution in [0.2, 0.25) is 0 Å². The van der Waals surface area contributed by atoms with Crippen LogP contribution in [0, 0.1) is 0 Å². The highest BCUT2D eigenvalue weighted by Gasteiger charge is 2.45. The number of amides is 1. The van der Waals surface area contributed by atoms with Gasteiger partial charge in [-0.25, -0.2) is 0 Å². The molecular weight excluding hydrogens is 452 g/mol. The van der Waals surface area contributed by atoms with Crippen LogP contribution in [0.4, 0.5) is 0 Å². The standard InChI is InChI=1S/C30H32N2O4/c1-3-31(4-2)19-20-32-27(23-13-9-6-10-14-23)26(29(34)30(32)35)28(33)24-15-17-25(18-16-24)36-21-22-11-7-5-8-12-22/h5-18,27,33H,3-4,19-21H2,1-2H3/t27-/m1/s1. The van der Waals surface area contributed by atoms with E-state index in [9.17, 15) is 14.7 Å². The molecule has 1 aliphatic rings. The first-order valence-electron chi connectivity index (χ1n) is 12.4. The Morgan fingerprint density at radius 2 is 1.50 bits per heavy atom. The number of carbonyl (C=O) groups excluding carboxylic acids is 2. The second kappa shape index (κ2) is 11.7. The van der Waals surface area contributed by atoms with Crippen LogP contribution in [-0.4, -0.2) is 52.8 Å². The highest BCUT2D eigenvalue weighted by atomic mass is 16.5. The topological polar surface area (TPSA) is 70.1 Å². The monoisotopic (exact) mass is 484 g/mol. The Hall–Kier alpha value is -3.90. The molecule has 6 heteroatoms. The van der Waals surface area contributed by atoms with Crippen LogP contribution in [0.3, 0.4) is 0 Å². The third-order valence-corrected chi connectivity index (χ3v) is 6.58. The molecule has 1 saturated heterocycles. The van der Waals surface area contributed by atoms with Crippen molar-refractivity contribution in [3.8, 4) is 5.75 Å². The Bertz CT molecular complexity index is 1200. The van der Waals surface area contributed by atoms with Gasteiger partial charge in [0.1, 0.15) is 18.1 Å². The SMILES string of the molecule is CCN(CC)CCN1C(=O)C(=O)C(=C(O)c2ccc(OCc3ccccc3)cc2)[C@H]1c1ccccc1. The lowest BCUT2D eigenvalue weighted by Crippen LogP contribution is -2.38. The summed E-state index contributed by atoms with van der Waals surface area (Å²) in [4.78, 5) is 30.1. The Morgan fingerprint density at radius 3 is 2.11 bits per heavy atom. The normalized spacial score (nSPS) is 17.1. The van der Waals surface area contributed by atoms with Crippen LogP contribution in [0.1, 0.15) is 36.6 Å². The number of likely N-dealkylation sites (N-methyl/N-ethyl adjacent to an activating group) is 1. The summed E-state index contributed by atoms with van der Waals surface area (Å²) in [5.74, 6) is -0.775. The van der Waals surface area contributed by atoms with Gasteiger partial charge in [-0.05, 0) is 48.5 Å². The molecule has 1 N–H and O–H groups in total. The molecule has 4 rings (SSSR count). The van der Waals surface area contributed by atoms with Crippen LogP contribution < -0.4 is 4.74 Å². The van der Waals surface area contributed by atoms with E-state index >= 15 is 0 Å². The highest BCUT2D eigenvalue weighted by molar-refractivity contribution is 6.46. The molecule has 36 heavy (non-hydrogen) atoms. The molecule has 0 aromatic heterocycles. The van der Waals surface area contributed by atoms with Gasteiger partial charge < -0.3 is 19.6 Å². The molecule has 0 bridgehead atoms. The number of benzene rings is 3. The van der Waals surface area contributed by atoms with Crippen molar-refractivity contribution in [2.24, 2.45) is 0 Å². The van der Waals surface area contributed by atoms with Crippen LogP contribution in [0.15, 0.2) is 90.5 Å². The zero-order valence-corrected chi connectivity index (χ0v) is 20.8. The third-order valence-electron chi connectivity index (χ3n) is 6.58. The first-order chi connectivity index (χ1) is 17.5. The fourth-order valence-electron chi connectivity index (χ4n) is 4.49. The summed E-state index contributed by atoms with van der Waals surface area (Å²) in [5.41, 5.74) is 2.42. The minimum absolute atomic E-state index is 0.115. The van der Waals surface area contributed by atoms with Crippen LogP contribution in [-0.2, 0) is 16.2 Å². The van der Waals surface area contributed by atoms with E-state index in [2.05, 4.69) is 18.7 Å². The second-order valence-electron chi connectivity index (χ2n) is 8.73. The number of nitrogens with zero attached hydrogens (tertiary/aromatic N) is 2. The lowest BCUT2D eigenvalue weighted by molar-refractivity contribution is -0.140. The summed E-state index contributed by atoms with van der Waals surface area (Å²) in [7, 11) is 0. The maximum Gasteiger partial charge on any atom is 0.295 e. The van der Waals surface area contributed by atoms with E-state index in [4.69, 9.17) is 4.74 Å². The molecule has 0 aliphatic carbocycles. The lowest BCUT2D eigenvalue weighted by atomic mass is 9.95. The average Bonchev–Trinajstić information content (AvgIpc) is 3.18. The van der Waals surface area contributed by atoms with Gasteiger partial charge in [0.15, 0.2) is 0 Å². The number of ether oxygens (including phenoxy) is 1. The predicted octanol–water partition coefficient (Wildman–Crippen LogP) is 5.03. The van der Waals surface area contributed by atoms with Crippen LogP contribution >= 0.6 is 0 Å². The van der Waals surface area contributed by atoms with Gasteiger partial charge in [0.05, 0.1) is 11.6 Å². The van der Waals surface area contributed by atoms with Gasteiger partial charge in [-0.3, -0.25) is 9.59 Å². The van der Waals surface area contributed by atoms with E-state index in [1.54, 1.807) is 29.2 Å². The maximum absolute atomic E-state index is 13.2. The van der Waals surface area contributed by atoms with Crippen LogP contribution in [0.5, 0.6) is 5.75 Å². The summed E-state index contributed by atoms with van der Waals surface area (Å²) < 4.78 is 5.84. The van der Waals surface area contributed by atoms with Crippen molar-refractivity contribution in [2.45, 2.75) is 26.5 Å². The maximum atomic E-state index is 13.2. The Kier molecular flexibility index (Phi) is 8.18. The summed E-state index contributed by atoms with van der Waals surface area (Å²) >= 11 is 0. The van der Waals surface area contributed by atoms with Crippen molar-refractivity contribution in [2.75, 3.05) is 26.2 Å². The molecule has 1 fully saturated rings. The van der Waals surface area contributed by atoms with E-state index in [1.165, 1.54) is 0 Å². The molecule has 3 aromatic carbocycles. The number of carbonyl (C=O) groups is 2. The van der Waals surface area contributed by atoms with Crippen molar-refractivity contribution in [1.29, 1.82) is 0 Å². The summed E-state index contributed by atoms with van der Waals surface area (Å²) in [5, 5.41) is 11.3. The number of likely N-dealkylation sites (tertiary alicyclic amines) is 1. The first kappa shape index (κ1) is 25.2. The van der Waals surface area contributed by atoms with Crippen molar-refractivity contribution < 1.29 is 19.4 Å². The summed E-state index contributed by atoms with van der Waals surface area (Å²) in [6.07, 6.45) is 0. The van der Waals surface area contributed by atoms with E-state index in [1.807, 2.05) is 60.7 Å². The van der Waals surface area contributed by atoms with E-state index in [0.29, 0.717) is 31.0 Å². The van der Waals surface area contributed by atoms with Gasteiger partial charge in [-0.1, -0.05) is 74.5 Å². The zero-order chi connectivity index (χ0) is 25.5. The third kappa shape index (κ3) is 5.50. The minimum atomic E-state index is -0.662. The largest absolute Gasteiger partial charge is 0.507 e. The van der Waals surface area contributed by atoms with Gasteiger partial charge in [0.2, 0.25) is 0 Å². The van der Waals surface area contributed by atoms with Crippen molar-refractivity contribution in [1.82, 2.24) is 9.80 Å². The number of hydrogen-bond donors (Lipinski definition) is 1. The Labute approximate surface area is 212 Å². The molecule has 0 saturated carbocycles. The molecule has 6 nitrogen and oxygen atoms in total. The number of hydrogen-bond acceptors (Lipinski definition) is 5. The molecule has 186 valence electrons. The number of aliphatic hydroxyl groups excluding tert-OH is 1. The van der Waals surface area contributed by atoms with Gasteiger partial charge >= 0.3 is 0 Å². The molecule has 1 heterocycles. The van der Waals surface area contributed by atoms with E-state index < -0.39 is 17.7 Å². The van der Waals surface area contributed by atoms with E-state index in [-0.39, 0.29) is 11.3 Å². The predicted molar refractivity (Wildman–Crippen MR) is 140 cm³/mol. The number of rotatable bonds is 10. The molecule has 0 spiro atoms. The number of aliphatic hydroxyl groups is 1. The Balaban J connectivity index is 1.62. The second-order valence-corrected chi connectivity index (χ2v) is 8.73. The van der Waals surface area contributed by atoms with Crippen molar-refractivity contribution >= 4 is 17.4 Å². The zero-order valence-electron chi connectivity index (χ0n) is 20.8.